The Labute approximate surface area is 199 Å². The molecule has 168 valence electrons. The van der Waals surface area contributed by atoms with Gasteiger partial charge in [-0.2, -0.15) is 0 Å². The summed E-state index contributed by atoms with van der Waals surface area (Å²) in [6, 6.07) is 13.0. The fourth-order valence-corrected chi connectivity index (χ4v) is 3.93. The average Bonchev–Trinajstić information content (AvgIpc) is 3.18. The molecule has 0 unspecified atom stereocenters. The van der Waals surface area contributed by atoms with Gasteiger partial charge in [-0.15, -0.1) is 0 Å². The topological polar surface area (TPSA) is 82.5 Å². The van der Waals surface area contributed by atoms with Gasteiger partial charge in [-0.1, -0.05) is 35.3 Å². The molecule has 33 heavy (non-hydrogen) atoms. The summed E-state index contributed by atoms with van der Waals surface area (Å²) in [5, 5.41) is 3.35. The quantitative estimate of drug-likeness (QED) is 0.287. The smallest absolute Gasteiger partial charge is 0.296 e. The number of nitrogens with one attached hydrogen (secondary N) is 1. The van der Waals surface area contributed by atoms with Crippen LogP contribution in [0.1, 0.15) is 15.9 Å². The first-order valence-corrected chi connectivity index (χ1v) is 10.6. The molecule has 4 aromatic rings. The molecular weight excluding hydrogens is 465 g/mol. The molecule has 0 saturated carbocycles. The van der Waals surface area contributed by atoms with Crippen molar-refractivity contribution < 1.29 is 19.1 Å². The van der Waals surface area contributed by atoms with E-state index in [0.29, 0.717) is 17.7 Å². The number of hydrogen-bond acceptors (Lipinski definition) is 5. The van der Waals surface area contributed by atoms with Gasteiger partial charge in [0.05, 0.1) is 35.5 Å². The zero-order valence-corrected chi connectivity index (χ0v) is 19.3. The number of rotatable bonds is 7. The van der Waals surface area contributed by atoms with E-state index in [1.165, 1.54) is 19.5 Å². The van der Waals surface area contributed by atoms with E-state index in [1.54, 1.807) is 25.4 Å². The first-order chi connectivity index (χ1) is 15.9. The predicted octanol–water partition coefficient (Wildman–Crippen LogP) is 5.23. The summed E-state index contributed by atoms with van der Waals surface area (Å²) in [5.41, 5.74) is 2.15. The van der Waals surface area contributed by atoms with Crippen molar-refractivity contribution in [1.82, 2.24) is 9.55 Å². The number of benzene rings is 2. The van der Waals surface area contributed by atoms with E-state index in [4.69, 9.17) is 32.7 Å². The molecule has 1 amide bonds. The minimum Gasteiger partial charge on any atom is -0.497 e. The molecule has 0 fully saturated rings. The molecule has 0 aliphatic carbocycles. The molecule has 0 spiro atoms. The molecule has 0 saturated heterocycles. The van der Waals surface area contributed by atoms with E-state index in [2.05, 4.69) is 10.3 Å². The second-order valence-electron chi connectivity index (χ2n) is 7.16. The fourth-order valence-electron chi connectivity index (χ4n) is 3.47. The van der Waals surface area contributed by atoms with Gasteiger partial charge in [0, 0.05) is 36.0 Å². The molecule has 4 rings (SSSR count). The summed E-state index contributed by atoms with van der Waals surface area (Å²) in [5.74, 6) is -0.275. The van der Waals surface area contributed by atoms with Crippen molar-refractivity contribution in [2.75, 3.05) is 19.5 Å². The van der Waals surface area contributed by atoms with Crippen LogP contribution in [-0.4, -0.2) is 35.5 Å². The Morgan fingerprint density at radius 3 is 2.24 bits per heavy atom. The number of methoxy groups -OCH3 is 2. The van der Waals surface area contributed by atoms with Crippen molar-refractivity contribution in [3.63, 3.8) is 0 Å². The highest BCUT2D eigenvalue weighted by atomic mass is 35.5. The van der Waals surface area contributed by atoms with Crippen LogP contribution in [0.15, 0.2) is 61.1 Å². The van der Waals surface area contributed by atoms with Gasteiger partial charge in [-0.3, -0.25) is 14.6 Å². The molecule has 0 atom stereocenters. The monoisotopic (exact) mass is 483 g/mol. The second kappa shape index (κ2) is 9.52. The van der Waals surface area contributed by atoms with Crippen molar-refractivity contribution in [2.24, 2.45) is 0 Å². The molecule has 2 heterocycles. The van der Waals surface area contributed by atoms with Crippen LogP contribution in [0.3, 0.4) is 0 Å². The van der Waals surface area contributed by atoms with Crippen molar-refractivity contribution >= 4 is 51.5 Å². The molecular formula is C24H19Cl2N3O4. The van der Waals surface area contributed by atoms with Gasteiger partial charge < -0.3 is 19.4 Å². The largest absolute Gasteiger partial charge is 0.497 e. The molecule has 0 bridgehead atoms. The summed E-state index contributed by atoms with van der Waals surface area (Å²) in [6.07, 6.45) is 4.32. The predicted molar refractivity (Wildman–Crippen MR) is 128 cm³/mol. The summed E-state index contributed by atoms with van der Waals surface area (Å²) in [6.45, 7) is 0.490. The van der Waals surface area contributed by atoms with Crippen LogP contribution in [0.4, 0.5) is 5.69 Å². The molecule has 9 heteroatoms. The number of nitrogens with zero attached hydrogens (tertiary/aromatic N) is 2. The average molecular weight is 484 g/mol. The number of carbonyl (C=O) groups is 2. The van der Waals surface area contributed by atoms with Crippen molar-refractivity contribution in [1.29, 1.82) is 0 Å². The number of carbonyl (C=O) groups excluding carboxylic acids is 2. The van der Waals surface area contributed by atoms with Crippen molar-refractivity contribution in [2.45, 2.75) is 6.54 Å². The minimum atomic E-state index is -0.865. The molecule has 0 aliphatic rings. The molecule has 0 aliphatic heterocycles. The Morgan fingerprint density at radius 2 is 1.61 bits per heavy atom. The lowest BCUT2D eigenvalue weighted by molar-refractivity contribution is -0.112. The standard InChI is InChI=1S/C24H19Cl2N3O4/c1-32-15-5-3-14(4-6-15)12-29-13-18(17-9-16(33-2)7-8-21(17)29)23(30)24(31)28-22-19(25)10-27-11-20(22)26/h3-11,13H,12H2,1-2H3,(H,27,28,31). The molecule has 0 radical (unpaired) electrons. The first kappa shape index (κ1) is 22.6. The zero-order valence-electron chi connectivity index (χ0n) is 17.8. The maximum absolute atomic E-state index is 13.2. The van der Waals surface area contributed by atoms with Gasteiger partial charge in [0.25, 0.3) is 11.7 Å². The van der Waals surface area contributed by atoms with Crippen LogP contribution in [0, 0.1) is 0 Å². The maximum atomic E-state index is 13.2. The molecule has 2 aromatic heterocycles. The van der Waals surface area contributed by atoms with Crippen LogP contribution < -0.4 is 14.8 Å². The van der Waals surface area contributed by atoms with E-state index in [-0.39, 0.29) is 21.3 Å². The lowest BCUT2D eigenvalue weighted by atomic mass is 10.1. The highest BCUT2D eigenvalue weighted by Gasteiger charge is 2.24. The van der Waals surface area contributed by atoms with E-state index >= 15 is 0 Å². The van der Waals surface area contributed by atoms with Crippen LogP contribution in [0.2, 0.25) is 10.0 Å². The number of pyridine rings is 1. The second-order valence-corrected chi connectivity index (χ2v) is 7.98. The number of ketones is 1. The van der Waals surface area contributed by atoms with Gasteiger partial charge in [0.15, 0.2) is 0 Å². The molecule has 1 N–H and O–H groups in total. The Kier molecular flexibility index (Phi) is 6.53. The number of ether oxygens (including phenoxy) is 2. The van der Waals surface area contributed by atoms with Gasteiger partial charge in [-0.05, 0) is 35.9 Å². The third-order valence-electron chi connectivity index (χ3n) is 5.14. The Hall–Kier alpha value is -3.55. The number of hydrogen-bond donors (Lipinski definition) is 1. The highest BCUT2D eigenvalue weighted by Crippen LogP contribution is 2.30. The van der Waals surface area contributed by atoms with E-state index in [0.717, 1.165) is 16.8 Å². The Morgan fingerprint density at radius 1 is 0.970 bits per heavy atom. The van der Waals surface area contributed by atoms with Crippen molar-refractivity contribution in [3.8, 4) is 11.5 Å². The summed E-state index contributed by atoms with van der Waals surface area (Å²) in [7, 11) is 3.15. The van der Waals surface area contributed by atoms with Crippen LogP contribution in [-0.2, 0) is 11.3 Å². The van der Waals surface area contributed by atoms with E-state index < -0.39 is 11.7 Å². The minimum absolute atomic E-state index is 0.131. The number of Topliss-reactive ketones (excluding diaryl/α,β-unsaturated/α-hetero) is 1. The number of anilines is 1. The third-order valence-corrected chi connectivity index (χ3v) is 5.72. The van der Waals surface area contributed by atoms with Crippen LogP contribution in [0.5, 0.6) is 11.5 Å². The maximum Gasteiger partial charge on any atom is 0.296 e. The van der Waals surface area contributed by atoms with Crippen LogP contribution in [0.25, 0.3) is 10.9 Å². The molecule has 7 nitrogen and oxygen atoms in total. The van der Waals surface area contributed by atoms with Gasteiger partial charge in [0.1, 0.15) is 11.5 Å². The Bertz CT molecular complexity index is 1330. The number of aromatic nitrogens is 2. The molecule has 2 aromatic carbocycles. The first-order valence-electron chi connectivity index (χ1n) is 9.85. The SMILES string of the molecule is COc1ccc(Cn2cc(C(=O)C(=O)Nc3c(Cl)cncc3Cl)c3cc(OC)ccc32)cc1. The summed E-state index contributed by atoms with van der Waals surface area (Å²) in [4.78, 5) is 29.8. The number of halogens is 2. The van der Waals surface area contributed by atoms with Gasteiger partial charge >= 0.3 is 0 Å². The third kappa shape index (κ3) is 4.65. The normalized spacial score (nSPS) is 10.8. The van der Waals surface area contributed by atoms with Gasteiger partial charge in [0.2, 0.25) is 0 Å². The highest BCUT2D eigenvalue weighted by molar-refractivity contribution is 6.50. The zero-order chi connectivity index (χ0) is 23.5. The summed E-state index contributed by atoms with van der Waals surface area (Å²) >= 11 is 12.1. The van der Waals surface area contributed by atoms with Crippen LogP contribution >= 0.6 is 23.2 Å². The lowest BCUT2D eigenvalue weighted by Gasteiger charge is -2.07. The number of amides is 1. The van der Waals surface area contributed by atoms with E-state index in [1.807, 2.05) is 34.9 Å². The van der Waals surface area contributed by atoms with Crippen molar-refractivity contribution in [3.05, 3.63) is 82.2 Å². The van der Waals surface area contributed by atoms with Gasteiger partial charge in [-0.25, -0.2) is 0 Å². The number of fused-ring (bicyclic) bond motifs is 1. The Balaban J connectivity index is 1.71. The lowest BCUT2D eigenvalue weighted by Crippen LogP contribution is -2.23. The van der Waals surface area contributed by atoms with E-state index in [9.17, 15) is 9.59 Å². The summed E-state index contributed by atoms with van der Waals surface area (Å²) < 4.78 is 12.4. The fraction of sp³-hybridized carbons (Fsp3) is 0.125.